The van der Waals surface area contributed by atoms with Crippen LogP contribution in [0.15, 0.2) is 17.5 Å². The summed E-state index contributed by atoms with van der Waals surface area (Å²) in [5.74, 6) is -2.40. The summed E-state index contributed by atoms with van der Waals surface area (Å²) in [7, 11) is 0. The van der Waals surface area contributed by atoms with Crippen molar-refractivity contribution in [3.05, 3.63) is 28.8 Å². The molecule has 1 radical (unpaired) electrons. The van der Waals surface area contributed by atoms with Crippen molar-refractivity contribution < 1.29 is 19.1 Å². The number of halogens is 1. The summed E-state index contributed by atoms with van der Waals surface area (Å²) >= 11 is 1.57. The van der Waals surface area contributed by atoms with Gasteiger partial charge in [-0.1, -0.05) is 6.07 Å². The predicted octanol–water partition coefficient (Wildman–Crippen LogP) is 1.34. The first-order chi connectivity index (χ1) is 10.2. The first-order valence-corrected chi connectivity index (χ1v) is 7.92. The van der Waals surface area contributed by atoms with Crippen LogP contribution in [0.1, 0.15) is 31.1 Å². The van der Waals surface area contributed by atoms with Crippen LogP contribution < -0.4 is 11.5 Å². The largest absolute Gasteiger partial charge is 0.393 e. The van der Waals surface area contributed by atoms with Crippen molar-refractivity contribution in [3.8, 4) is 0 Å². The highest BCUT2D eigenvalue weighted by atomic mass is 32.1. The molecule has 1 heterocycles. The number of alkyl halides is 1. The number of rotatable bonds is 10. The second-order valence-corrected chi connectivity index (χ2v) is 6.55. The second-order valence-electron chi connectivity index (χ2n) is 5.52. The van der Waals surface area contributed by atoms with E-state index >= 15 is 0 Å². The summed E-state index contributed by atoms with van der Waals surface area (Å²) in [6.07, 6.45) is 1.42. The van der Waals surface area contributed by atoms with E-state index in [1.54, 1.807) is 17.8 Å². The number of carbonyl (C=O) groups is 2. The standard InChI is InChI=1S/C15H22FN2O3S/c1-15(16,14(18)21)7-6-10(13(17)20)9-11(19)4-5-12-3-2-8-22-12/h2-4,8,10-11,19H,5-7,9H2,1H3,(H2,17,20)(H2,18,21). The van der Waals surface area contributed by atoms with Crippen molar-refractivity contribution in [1.82, 2.24) is 0 Å². The molecule has 3 unspecified atom stereocenters. The van der Waals surface area contributed by atoms with Crippen molar-refractivity contribution in [2.75, 3.05) is 0 Å². The molecule has 0 saturated carbocycles. The van der Waals surface area contributed by atoms with Gasteiger partial charge >= 0.3 is 0 Å². The van der Waals surface area contributed by atoms with Gasteiger partial charge in [0.05, 0.1) is 6.10 Å². The van der Waals surface area contributed by atoms with Gasteiger partial charge in [-0.05, 0) is 50.5 Å². The minimum atomic E-state index is -2.18. The Morgan fingerprint density at radius 3 is 2.68 bits per heavy atom. The molecular formula is C15H22FN2O3S. The summed E-state index contributed by atoms with van der Waals surface area (Å²) in [5.41, 5.74) is 8.05. The van der Waals surface area contributed by atoms with Crippen LogP contribution in [0.3, 0.4) is 0 Å². The molecule has 1 aromatic heterocycles. The number of primary amides is 2. The van der Waals surface area contributed by atoms with Crippen LogP contribution in [0.4, 0.5) is 4.39 Å². The van der Waals surface area contributed by atoms with Crippen LogP contribution in [0.2, 0.25) is 0 Å². The lowest BCUT2D eigenvalue weighted by atomic mass is 9.89. The number of nitrogens with two attached hydrogens (primary N) is 2. The third-order valence-electron chi connectivity index (χ3n) is 3.58. The summed E-state index contributed by atoms with van der Waals surface area (Å²) in [6.45, 7) is 1.08. The average Bonchev–Trinajstić information content (AvgIpc) is 2.93. The third-order valence-corrected chi connectivity index (χ3v) is 4.47. The molecule has 1 rings (SSSR count). The monoisotopic (exact) mass is 329 g/mol. The Morgan fingerprint density at radius 1 is 1.50 bits per heavy atom. The van der Waals surface area contributed by atoms with Crippen molar-refractivity contribution in [2.45, 2.75) is 44.4 Å². The molecule has 22 heavy (non-hydrogen) atoms. The van der Waals surface area contributed by atoms with E-state index in [1.165, 1.54) is 0 Å². The fraction of sp³-hybridized carbons (Fsp3) is 0.533. The molecule has 2 amide bonds. The number of amides is 2. The lowest BCUT2D eigenvalue weighted by molar-refractivity contribution is -0.130. The van der Waals surface area contributed by atoms with Crippen LogP contribution in [-0.4, -0.2) is 28.7 Å². The number of carbonyl (C=O) groups excluding carboxylic acids is 2. The molecule has 0 aliphatic carbocycles. The normalized spacial score (nSPS) is 16.7. The van der Waals surface area contributed by atoms with E-state index in [0.717, 1.165) is 11.8 Å². The lowest BCUT2D eigenvalue weighted by Crippen LogP contribution is -2.38. The Morgan fingerprint density at radius 2 is 2.18 bits per heavy atom. The Kier molecular flexibility index (Phi) is 6.96. The molecule has 0 aliphatic heterocycles. The Bertz CT molecular complexity index is 491. The first kappa shape index (κ1) is 18.6. The zero-order valence-corrected chi connectivity index (χ0v) is 13.3. The molecule has 0 saturated heterocycles. The maximum atomic E-state index is 13.8. The molecule has 0 bridgehead atoms. The van der Waals surface area contributed by atoms with Crippen LogP contribution >= 0.6 is 11.3 Å². The fourth-order valence-electron chi connectivity index (χ4n) is 2.01. The number of hydrogen-bond acceptors (Lipinski definition) is 4. The van der Waals surface area contributed by atoms with Gasteiger partial charge in [0, 0.05) is 10.8 Å². The molecule has 123 valence electrons. The molecule has 0 fully saturated rings. The van der Waals surface area contributed by atoms with E-state index in [2.05, 4.69) is 0 Å². The number of hydrogen-bond donors (Lipinski definition) is 3. The van der Waals surface area contributed by atoms with Gasteiger partial charge in [-0.15, -0.1) is 11.3 Å². The molecule has 5 nitrogen and oxygen atoms in total. The van der Waals surface area contributed by atoms with Crippen LogP contribution in [-0.2, 0) is 16.0 Å². The van der Waals surface area contributed by atoms with E-state index in [1.807, 2.05) is 17.5 Å². The van der Waals surface area contributed by atoms with Gasteiger partial charge in [-0.3, -0.25) is 9.59 Å². The summed E-state index contributed by atoms with van der Waals surface area (Å²) < 4.78 is 13.8. The third kappa shape index (κ3) is 6.11. The Hall–Kier alpha value is -1.47. The summed E-state index contributed by atoms with van der Waals surface area (Å²) in [4.78, 5) is 23.4. The zero-order valence-electron chi connectivity index (χ0n) is 12.5. The minimum Gasteiger partial charge on any atom is -0.393 e. The van der Waals surface area contributed by atoms with Crippen molar-refractivity contribution in [1.29, 1.82) is 0 Å². The second kappa shape index (κ2) is 8.24. The molecule has 0 aromatic carbocycles. The SMILES string of the molecule is CC(F)(CCC(CC(O)[CH]Cc1cccs1)C(N)=O)C(N)=O. The highest BCUT2D eigenvalue weighted by Gasteiger charge is 2.32. The van der Waals surface area contributed by atoms with Gasteiger partial charge < -0.3 is 16.6 Å². The smallest absolute Gasteiger partial charge is 0.254 e. The zero-order chi connectivity index (χ0) is 16.8. The number of aliphatic hydroxyl groups is 1. The van der Waals surface area contributed by atoms with Gasteiger partial charge in [0.2, 0.25) is 5.91 Å². The van der Waals surface area contributed by atoms with Gasteiger partial charge in [0.1, 0.15) is 0 Å². The van der Waals surface area contributed by atoms with E-state index in [0.29, 0.717) is 6.42 Å². The summed E-state index contributed by atoms with van der Waals surface area (Å²) in [6, 6.07) is 3.86. The molecule has 7 heteroatoms. The molecule has 1 aromatic rings. The van der Waals surface area contributed by atoms with Crippen molar-refractivity contribution in [2.24, 2.45) is 17.4 Å². The summed E-state index contributed by atoms with van der Waals surface area (Å²) in [5, 5.41) is 11.9. The highest BCUT2D eigenvalue weighted by Crippen LogP contribution is 2.24. The van der Waals surface area contributed by atoms with Gasteiger partial charge in [-0.2, -0.15) is 0 Å². The predicted molar refractivity (Wildman–Crippen MR) is 83.6 cm³/mol. The maximum absolute atomic E-state index is 13.8. The van der Waals surface area contributed by atoms with Gasteiger partial charge in [0.15, 0.2) is 5.67 Å². The average molecular weight is 329 g/mol. The number of thiophene rings is 1. The molecule has 0 spiro atoms. The van der Waals surface area contributed by atoms with Crippen LogP contribution in [0.5, 0.6) is 0 Å². The van der Waals surface area contributed by atoms with Crippen molar-refractivity contribution in [3.63, 3.8) is 0 Å². The van der Waals surface area contributed by atoms with E-state index in [-0.39, 0.29) is 19.3 Å². The Balaban J connectivity index is 2.46. The van der Waals surface area contributed by atoms with Crippen LogP contribution in [0, 0.1) is 12.3 Å². The van der Waals surface area contributed by atoms with E-state index in [4.69, 9.17) is 11.5 Å². The quantitative estimate of drug-likeness (QED) is 0.603. The van der Waals surface area contributed by atoms with Crippen molar-refractivity contribution >= 4 is 23.2 Å². The van der Waals surface area contributed by atoms with Gasteiger partial charge in [-0.25, -0.2) is 4.39 Å². The molecule has 3 atom stereocenters. The Labute approximate surface area is 133 Å². The molecule has 5 N–H and O–H groups in total. The molecule has 0 aliphatic rings. The van der Waals surface area contributed by atoms with E-state index in [9.17, 15) is 19.1 Å². The minimum absolute atomic E-state index is 0.0647. The van der Waals surface area contributed by atoms with Crippen LogP contribution in [0.25, 0.3) is 0 Å². The fourth-order valence-corrected chi connectivity index (χ4v) is 2.69. The first-order valence-electron chi connectivity index (χ1n) is 7.04. The maximum Gasteiger partial charge on any atom is 0.254 e. The van der Waals surface area contributed by atoms with Gasteiger partial charge in [0.25, 0.3) is 5.91 Å². The highest BCUT2D eigenvalue weighted by molar-refractivity contribution is 7.09. The van der Waals surface area contributed by atoms with E-state index < -0.39 is 29.5 Å². The number of aliphatic hydroxyl groups excluding tert-OH is 1. The lowest BCUT2D eigenvalue weighted by Gasteiger charge is -2.21. The molecular weight excluding hydrogens is 307 g/mol. The topological polar surface area (TPSA) is 106 Å².